The van der Waals surface area contributed by atoms with Gasteiger partial charge in [0.2, 0.25) is 5.91 Å². The zero-order chi connectivity index (χ0) is 37.1. The summed E-state index contributed by atoms with van der Waals surface area (Å²) in [5.74, 6) is -2.85. The molecule has 2 heterocycles. The smallest absolute Gasteiger partial charge is 0.225 e. The quantitative estimate of drug-likeness (QED) is 0.139. The average Bonchev–Trinajstić information content (AvgIpc) is 3.67. The Morgan fingerprint density at radius 3 is 2.37 bits per heavy atom. The maximum absolute atomic E-state index is 14.7. The first-order valence-electron chi connectivity index (χ1n) is 19.7. The van der Waals surface area contributed by atoms with Crippen molar-refractivity contribution in [3.8, 4) is 0 Å². The Morgan fingerprint density at radius 1 is 0.981 bits per heavy atom. The molecule has 0 bridgehead atoms. The van der Waals surface area contributed by atoms with Gasteiger partial charge < -0.3 is 31.3 Å². The van der Waals surface area contributed by atoms with E-state index in [4.69, 9.17) is 10.5 Å². The van der Waals surface area contributed by atoms with Crippen molar-refractivity contribution in [2.45, 2.75) is 114 Å². The maximum atomic E-state index is 14.7. The van der Waals surface area contributed by atoms with Gasteiger partial charge >= 0.3 is 0 Å². The summed E-state index contributed by atoms with van der Waals surface area (Å²) in [4.78, 5) is 31.0. The number of nitrogens with zero attached hydrogens (tertiary/aromatic N) is 1. The van der Waals surface area contributed by atoms with Crippen LogP contribution in [-0.2, 0) is 30.6 Å². The second-order valence-electron chi connectivity index (χ2n) is 15.5. The van der Waals surface area contributed by atoms with Crippen LogP contribution >= 0.6 is 24.8 Å². The van der Waals surface area contributed by atoms with Gasteiger partial charge in [-0.1, -0.05) is 94.3 Å². The van der Waals surface area contributed by atoms with Crippen LogP contribution in [0.5, 0.6) is 0 Å². The lowest BCUT2D eigenvalue weighted by molar-refractivity contribution is -0.140. The Morgan fingerprint density at radius 2 is 1.69 bits per heavy atom. The molecule has 1 unspecified atom stereocenters. The first-order valence-corrected chi connectivity index (χ1v) is 21.6. The van der Waals surface area contributed by atoms with E-state index in [9.17, 15) is 28.2 Å². The zero-order valence-corrected chi connectivity index (χ0v) is 34.2. The number of nitrogens with one attached hydrogen (secondary N) is 2. The number of amides is 1. The minimum Gasteiger partial charge on any atom is -0.390 e. The molecule has 0 radical (unpaired) electrons. The predicted molar refractivity (Wildman–Crippen MR) is 219 cm³/mol. The molecule has 306 valence electrons. The van der Waals surface area contributed by atoms with Crippen LogP contribution in [0, 0.1) is 17.8 Å². The van der Waals surface area contributed by atoms with Crippen molar-refractivity contribution in [1.82, 2.24) is 15.5 Å². The highest BCUT2D eigenvalue weighted by Crippen LogP contribution is 2.33. The highest BCUT2D eigenvalue weighted by Gasteiger charge is 2.42. The molecule has 5 rings (SSSR count). The first-order chi connectivity index (χ1) is 25.1. The summed E-state index contributed by atoms with van der Waals surface area (Å²) in [6.07, 6.45) is 5.48. The Hall–Kier alpha value is -1.87. The van der Waals surface area contributed by atoms with Gasteiger partial charge in [-0.25, -0.2) is 8.42 Å². The number of sulfone groups is 1. The number of ketones is 1. The minimum absolute atomic E-state index is 0. The number of fused-ring (bicyclic) bond motifs is 1. The minimum atomic E-state index is -3.64. The third-order valence-corrected chi connectivity index (χ3v) is 13.4. The van der Waals surface area contributed by atoms with E-state index in [1.54, 1.807) is 0 Å². The number of ether oxygens (including phenoxy) is 1. The van der Waals surface area contributed by atoms with Crippen molar-refractivity contribution in [2.24, 2.45) is 23.5 Å². The molecule has 1 saturated carbocycles. The van der Waals surface area contributed by atoms with E-state index >= 15 is 0 Å². The molecule has 11 nitrogen and oxygen atoms in total. The second kappa shape index (κ2) is 22.8. The van der Waals surface area contributed by atoms with E-state index in [0.29, 0.717) is 45.6 Å². The molecule has 7 atom stereocenters. The number of hydrogen-bond donors (Lipinski definition) is 5. The normalized spacial score (nSPS) is 21.9. The van der Waals surface area contributed by atoms with Gasteiger partial charge in [0.25, 0.3) is 0 Å². The van der Waals surface area contributed by atoms with Crippen LogP contribution in [0.15, 0.2) is 42.5 Å². The van der Waals surface area contributed by atoms with Gasteiger partial charge in [0, 0.05) is 25.0 Å². The number of morpholine rings is 1. The molecule has 1 amide bonds. The van der Waals surface area contributed by atoms with Gasteiger partial charge in [0.05, 0.1) is 48.9 Å². The van der Waals surface area contributed by atoms with Crippen LogP contribution < -0.4 is 16.4 Å². The Bertz CT molecular complexity index is 1550. The molecule has 54 heavy (non-hydrogen) atoms. The highest BCUT2D eigenvalue weighted by molar-refractivity contribution is 7.91. The number of carbonyl (C=O) groups is 2. The highest BCUT2D eigenvalue weighted by atomic mass is 35.5. The van der Waals surface area contributed by atoms with Gasteiger partial charge in [-0.2, -0.15) is 0 Å². The van der Waals surface area contributed by atoms with Crippen molar-refractivity contribution in [2.75, 3.05) is 44.4 Å². The Balaban J connectivity index is 0.00000392. The van der Waals surface area contributed by atoms with Crippen LogP contribution in [-0.4, -0.2) is 110 Å². The van der Waals surface area contributed by atoms with Crippen LogP contribution in [0.1, 0.15) is 83.1 Å². The third kappa shape index (κ3) is 13.1. The molecule has 14 heteroatoms. The SMILES string of the molecule is CCCC[C@H](NC(=O)[C@H](Cc1cccc2ccccc12)CS(=O)(=O)C[C@@H]1CCCN1)C(=O)[C@@H](CC1CCCCC1)[C@@H](O)[C@@H](O)C(N)N1CCOCC1.Cl.Cl. The van der Waals surface area contributed by atoms with Crippen molar-refractivity contribution in [3.63, 3.8) is 0 Å². The van der Waals surface area contributed by atoms with E-state index in [1.165, 1.54) is 0 Å². The Kier molecular flexibility index (Phi) is 19.6. The molecule has 2 saturated heterocycles. The van der Waals surface area contributed by atoms with E-state index in [1.807, 2.05) is 54.3 Å². The summed E-state index contributed by atoms with van der Waals surface area (Å²) in [5, 5.41) is 31.5. The van der Waals surface area contributed by atoms with Crippen molar-refractivity contribution < 1.29 is 33.0 Å². The van der Waals surface area contributed by atoms with Gasteiger partial charge in [0.1, 0.15) is 6.10 Å². The molecule has 3 aliphatic rings. The van der Waals surface area contributed by atoms with Crippen LogP contribution in [0.3, 0.4) is 0 Å². The summed E-state index contributed by atoms with van der Waals surface area (Å²) in [6.45, 7) is 4.76. The third-order valence-electron chi connectivity index (χ3n) is 11.6. The average molecular weight is 816 g/mol. The van der Waals surface area contributed by atoms with E-state index in [2.05, 4.69) is 10.6 Å². The number of unbranched alkanes of at least 4 members (excludes halogenated alkanes) is 1. The zero-order valence-electron chi connectivity index (χ0n) is 31.8. The number of hydrogen-bond acceptors (Lipinski definition) is 10. The molecule has 3 fully saturated rings. The number of halogens is 2. The molecule has 2 aromatic rings. The van der Waals surface area contributed by atoms with Gasteiger partial charge in [-0.3, -0.25) is 14.5 Å². The molecule has 2 aromatic carbocycles. The number of aliphatic hydroxyl groups is 2. The summed E-state index contributed by atoms with van der Waals surface area (Å²) >= 11 is 0. The lowest BCUT2D eigenvalue weighted by atomic mass is 9.76. The van der Waals surface area contributed by atoms with Crippen molar-refractivity contribution >= 4 is 57.1 Å². The molecule has 2 aliphatic heterocycles. The summed E-state index contributed by atoms with van der Waals surface area (Å²) in [7, 11) is -3.64. The Labute approximate surface area is 334 Å². The summed E-state index contributed by atoms with van der Waals surface area (Å²) in [6, 6.07) is 12.6. The number of carbonyl (C=O) groups excluding carboxylic acids is 2. The number of nitrogens with two attached hydrogens (primary N) is 1. The molecular weight excluding hydrogens is 751 g/mol. The molecular formula is C40H64Cl2N4O7S. The fourth-order valence-electron chi connectivity index (χ4n) is 8.52. The van der Waals surface area contributed by atoms with Crippen molar-refractivity contribution in [3.05, 3.63) is 48.0 Å². The summed E-state index contributed by atoms with van der Waals surface area (Å²) in [5.41, 5.74) is 7.36. The van der Waals surface area contributed by atoms with Gasteiger partial charge in [0.15, 0.2) is 15.6 Å². The van der Waals surface area contributed by atoms with Crippen LogP contribution in [0.4, 0.5) is 0 Å². The monoisotopic (exact) mass is 814 g/mol. The predicted octanol–water partition coefficient (Wildman–Crippen LogP) is 4.18. The van der Waals surface area contributed by atoms with Crippen LogP contribution in [0.2, 0.25) is 0 Å². The number of aliphatic hydroxyl groups excluding tert-OH is 2. The topological polar surface area (TPSA) is 171 Å². The van der Waals surface area contributed by atoms with E-state index in [0.717, 1.165) is 74.2 Å². The lowest BCUT2D eigenvalue weighted by Crippen LogP contribution is -2.60. The number of benzene rings is 2. The first kappa shape index (κ1) is 46.5. The van der Waals surface area contributed by atoms with Gasteiger partial charge in [-0.15, -0.1) is 24.8 Å². The summed E-state index contributed by atoms with van der Waals surface area (Å²) < 4.78 is 32.8. The lowest BCUT2D eigenvalue weighted by Gasteiger charge is -2.39. The second-order valence-corrected chi connectivity index (χ2v) is 17.6. The van der Waals surface area contributed by atoms with E-state index in [-0.39, 0.29) is 60.5 Å². The van der Waals surface area contributed by atoms with E-state index < -0.39 is 52.0 Å². The van der Waals surface area contributed by atoms with Gasteiger partial charge in [-0.05, 0) is 60.9 Å². The molecule has 0 aromatic heterocycles. The molecule has 1 aliphatic carbocycles. The van der Waals surface area contributed by atoms with Crippen molar-refractivity contribution in [1.29, 1.82) is 0 Å². The molecule has 0 spiro atoms. The molecule has 6 N–H and O–H groups in total. The standard InChI is InChI=1S/C40H62N4O7S.2ClH/c1-2-3-18-35(36(45)34(24-28-11-5-4-6-12-28)37(46)38(47)39(41)44-20-22-51-23-21-44)43-40(48)31(26-52(49,50)27-32-16-10-19-42-32)25-30-15-9-14-29-13-7-8-17-33(29)30;;/h7-9,13-15,17,28,31-32,34-35,37-39,42,46-47H,2-6,10-12,16,18-27,41H2,1H3,(H,43,48);2*1H/t31-,32+,34-,35+,37-,38-,39?;;/m1../s1. The number of Topliss-reactive ketones (excluding diaryl/α,β-unsaturated/α-hetero) is 1. The van der Waals surface area contributed by atoms with Crippen LogP contribution in [0.25, 0.3) is 10.8 Å². The fraction of sp³-hybridized carbons (Fsp3) is 0.700. The fourth-order valence-corrected chi connectivity index (χ4v) is 10.4. The largest absolute Gasteiger partial charge is 0.390 e. The number of rotatable bonds is 19. The maximum Gasteiger partial charge on any atom is 0.225 e.